The van der Waals surface area contributed by atoms with E-state index in [2.05, 4.69) is 9.46 Å². The predicted molar refractivity (Wildman–Crippen MR) is 85.7 cm³/mol. The van der Waals surface area contributed by atoms with Crippen molar-refractivity contribution in [2.24, 2.45) is 0 Å². The van der Waals surface area contributed by atoms with Gasteiger partial charge < -0.3 is 4.74 Å². The Morgan fingerprint density at radius 3 is 2.81 bits per heavy atom. The molecule has 118 valence electrons. The molecule has 0 bridgehead atoms. The van der Waals surface area contributed by atoms with Crippen LogP contribution in [0.25, 0.3) is 0 Å². The highest BCUT2D eigenvalue weighted by Gasteiger charge is 2.34. The van der Waals surface area contributed by atoms with E-state index in [9.17, 15) is 13.2 Å². The SMILES string of the molecule is COC(=O)c1scc(C)c1S(=O)(=O)NC1CCCC1SC. The van der Waals surface area contributed by atoms with Crippen molar-refractivity contribution < 1.29 is 17.9 Å². The summed E-state index contributed by atoms with van der Waals surface area (Å²) >= 11 is 2.78. The number of nitrogens with one attached hydrogen (secondary N) is 1. The fourth-order valence-electron chi connectivity index (χ4n) is 2.60. The summed E-state index contributed by atoms with van der Waals surface area (Å²) in [6, 6.07) is -0.0743. The second kappa shape index (κ2) is 6.68. The average molecular weight is 349 g/mol. The second-order valence-corrected chi connectivity index (χ2v) is 8.61. The maximum absolute atomic E-state index is 12.7. The topological polar surface area (TPSA) is 72.5 Å². The number of rotatable bonds is 5. The quantitative estimate of drug-likeness (QED) is 0.827. The molecule has 0 aliphatic heterocycles. The lowest BCUT2D eigenvalue weighted by atomic mass is 10.3. The smallest absolute Gasteiger partial charge is 0.349 e. The Morgan fingerprint density at radius 1 is 1.48 bits per heavy atom. The van der Waals surface area contributed by atoms with Gasteiger partial charge in [0.2, 0.25) is 10.0 Å². The highest BCUT2D eigenvalue weighted by molar-refractivity contribution is 7.99. The molecule has 5 nitrogen and oxygen atoms in total. The molecule has 0 amide bonds. The molecule has 21 heavy (non-hydrogen) atoms. The predicted octanol–water partition coefficient (Wildman–Crippen LogP) is 2.41. The van der Waals surface area contributed by atoms with Gasteiger partial charge in [-0.3, -0.25) is 0 Å². The molecule has 8 heteroatoms. The number of hydrogen-bond acceptors (Lipinski definition) is 6. The second-order valence-electron chi connectivity index (χ2n) is 5.00. The van der Waals surface area contributed by atoms with Crippen molar-refractivity contribution in [3.05, 3.63) is 15.8 Å². The number of thioether (sulfide) groups is 1. The van der Waals surface area contributed by atoms with Gasteiger partial charge >= 0.3 is 5.97 Å². The number of carbonyl (C=O) groups is 1. The fourth-order valence-corrected chi connectivity index (χ4v) is 6.64. The van der Waals surface area contributed by atoms with Gasteiger partial charge in [-0.15, -0.1) is 11.3 Å². The van der Waals surface area contributed by atoms with Crippen molar-refractivity contribution in [2.75, 3.05) is 13.4 Å². The van der Waals surface area contributed by atoms with Crippen LogP contribution in [0.2, 0.25) is 0 Å². The number of esters is 1. The van der Waals surface area contributed by atoms with Gasteiger partial charge in [0, 0.05) is 11.3 Å². The number of hydrogen-bond donors (Lipinski definition) is 1. The molecule has 1 N–H and O–H groups in total. The minimum Gasteiger partial charge on any atom is -0.465 e. The van der Waals surface area contributed by atoms with E-state index in [1.807, 2.05) is 6.26 Å². The zero-order valence-corrected chi connectivity index (χ0v) is 14.7. The Hall–Kier alpha value is -0.570. The molecule has 0 radical (unpaired) electrons. The van der Waals surface area contributed by atoms with Crippen LogP contribution in [0, 0.1) is 6.92 Å². The molecule has 1 heterocycles. The molecule has 0 spiro atoms. The van der Waals surface area contributed by atoms with Gasteiger partial charge in [0.05, 0.1) is 7.11 Å². The van der Waals surface area contributed by atoms with Crippen molar-refractivity contribution in [3.63, 3.8) is 0 Å². The van der Waals surface area contributed by atoms with Crippen molar-refractivity contribution in [1.82, 2.24) is 4.72 Å². The van der Waals surface area contributed by atoms with Gasteiger partial charge in [-0.2, -0.15) is 11.8 Å². The molecule has 1 aliphatic rings. The summed E-state index contributed by atoms with van der Waals surface area (Å²) in [5.74, 6) is -0.610. The Kier molecular flexibility index (Phi) is 5.34. The van der Waals surface area contributed by atoms with Crippen molar-refractivity contribution in [3.8, 4) is 0 Å². The van der Waals surface area contributed by atoms with Crippen LogP contribution >= 0.6 is 23.1 Å². The highest BCUT2D eigenvalue weighted by Crippen LogP contribution is 2.32. The van der Waals surface area contributed by atoms with Crippen LogP contribution in [0.5, 0.6) is 0 Å². The third-order valence-electron chi connectivity index (χ3n) is 3.62. The third kappa shape index (κ3) is 3.44. The van der Waals surface area contributed by atoms with Crippen LogP contribution in [-0.2, 0) is 14.8 Å². The third-order valence-corrected chi connectivity index (χ3v) is 7.67. The molecular formula is C13H19NO4S3. The van der Waals surface area contributed by atoms with Crippen LogP contribution in [0.1, 0.15) is 34.5 Å². The zero-order valence-electron chi connectivity index (χ0n) is 12.2. The molecule has 0 aromatic carbocycles. The van der Waals surface area contributed by atoms with Crippen LogP contribution in [0.3, 0.4) is 0 Å². The summed E-state index contributed by atoms with van der Waals surface area (Å²) < 4.78 is 32.7. The number of methoxy groups -OCH3 is 1. The van der Waals surface area contributed by atoms with Crippen LogP contribution in [0.15, 0.2) is 10.3 Å². The van der Waals surface area contributed by atoms with Gasteiger partial charge in [0.15, 0.2) is 0 Å². The lowest BCUT2D eigenvalue weighted by molar-refractivity contribution is 0.0602. The lowest BCUT2D eigenvalue weighted by Gasteiger charge is -2.19. The maximum atomic E-state index is 12.7. The van der Waals surface area contributed by atoms with Gasteiger partial charge in [-0.25, -0.2) is 17.9 Å². The first-order valence-electron chi connectivity index (χ1n) is 6.62. The normalized spacial score (nSPS) is 22.4. The number of thiophene rings is 1. The van der Waals surface area contributed by atoms with Gasteiger partial charge in [0.1, 0.15) is 9.77 Å². The molecule has 2 atom stereocenters. The molecule has 1 aliphatic carbocycles. The van der Waals surface area contributed by atoms with Crippen molar-refractivity contribution in [1.29, 1.82) is 0 Å². The van der Waals surface area contributed by atoms with E-state index < -0.39 is 16.0 Å². The molecule has 1 aromatic heterocycles. The molecular weight excluding hydrogens is 330 g/mol. The molecule has 2 unspecified atom stereocenters. The summed E-state index contributed by atoms with van der Waals surface area (Å²) in [4.78, 5) is 11.9. The average Bonchev–Trinajstić information content (AvgIpc) is 3.03. The van der Waals surface area contributed by atoms with E-state index >= 15 is 0 Å². The zero-order chi connectivity index (χ0) is 15.6. The van der Waals surface area contributed by atoms with E-state index in [0.717, 1.165) is 30.6 Å². The number of carbonyl (C=O) groups excluding carboxylic acids is 1. The molecule has 1 fully saturated rings. The molecule has 2 rings (SSSR count). The summed E-state index contributed by atoms with van der Waals surface area (Å²) in [7, 11) is -2.46. The molecule has 0 saturated heterocycles. The lowest BCUT2D eigenvalue weighted by Crippen LogP contribution is -2.39. The van der Waals surface area contributed by atoms with E-state index in [1.54, 1.807) is 24.1 Å². The number of ether oxygens (including phenoxy) is 1. The first-order valence-corrected chi connectivity index (χ1v) is 10.3. The maximum Gasteiger partial charge on any atom is 0.349 e. The summed E-state index contributed by atoms with van der Waals surface area (Å²) in [6.45, 7) is 1.69. The number of sulfonamides is 1. The summed E-state index contributed by atoms with van der Waals surface area (Å²) in [6.07, 6.45) is 4.86. The first kappa shape index (κ1) is 16.8. The molecule has 1 aromatic rings. The van der Waals surface area contributed by atoms with E-state index in [0.29, 0.717) is 10.8 Å². The molecule has 1 saturated carbocycles. The van der Waals surface area contributed by atoms with Gasteiger partial charge in [-0.1, -0.05) is 6.42 Å². The van der Waals surface area contributed by atoms with Crippen LogP contribution in [-0.4, -0.2) is 39.0 Å². The minimum absolute atomic E-state index is 0.0612. The Morgan fingerprint density at radius 2 is 2.19 bits per heavy atom. The van der Waals surface area contributed by atoms with Crippen molar-refractivity contribution in [2.45, 2.75) is 42.4 Å². The van der Waals surface area contributed by atoms with E-state index in [1.165, 1.54) is 7.11 Å². The van der Waals surface area contributed by atoms with Crippen LogP contribution < -0.4 is 4.72 Å². The van der Waals surface area contributed by atoms with E-state index in [-0.39, 0.29) is 15.8 Å². The fraction of sp³-hybridized carbons (Fsp3) is 0.615. The van der Waals surface area contributed by atoms with Crippen LogP contribution in [0.4, 0.5) is 0 Å². The largest absolute Gasteiger partial charge is 0.465 e. The Bertz CT molecular complexity index is 623. The van der Waals surface area contributed by atoms with Gasteiger partial charge in [-0.05, 0) is 37.0 Å². The first-order chi connectivity index (χ1) is 9.90. The standard InChI is InChI=1S/C13H19NO4S3/c1-8-7-20-11(13(15)18-2)12(8)21(16,17)14-9-5-4-6-10(9)19-3/h7,9-10,14H,4-6H2,1-3H3. The summed E-state index contributed by atoms with van der Waals surface area (Å²) in [5, 5.41) is 1.96. The monoisotopic (exact) mass is 349 g/mol. The van der Waals surface area contributed by atoms with Crippen molar-refractivity contribution >= 4 is 39.1 Å². The van der Waals surface area contributed by atoms with Gasteiger partial charge in [0.25, 0.3) is 0 Å². The minimum atomic E-state index is -3.71. The number of aryl methyl sites for hydroxylation is 1. The Labute approximate surface area is 133 Å². The highest BCUT2D eigenvalue weighted by atomic mass is 32.2. The Balaban J connectivity index is 2.32. The van der Waals surface area contributed by atoms with E-state index in [4.69, 9.17) is 0 Å². The summed E-state index contributed by atoms with van der Waals surface area (Å²) in [5.41, 5.74) is 0.576.